The maximum atomic E-state index is 13.4. The number of hydrogen-bond donors (Lipinski definition) is 2. The molecule has 0 radical (unpaired) electrons. The molecule has 3 aromatic carbocycles. The van der Waals surface area contributed by atoms with Crippen molar-refractivity contribution < 1.29 is 23.2 Å². The predicted octanol–water partition coefficient (Wildman–Crippen LogP) is 3.44. The average molecular weight is 485 g/mol. The van der Waals surface area contributed by atoms with Crippen LogP contribution >= 0.6 is 0 Å². The fourth-order valence-electron chi connectivity index (χ4n) is 3.89. The third-order valence-corrected chi connectivity index (χ3v) is 7.02. The predicted molar refractivity (Wildman–Crippen MR) is 129 cm³/mol. The summed E-state index contributed by atoms with van der Waals surface area (Å²) in [7, 11) is -2.74. The first kappa shape index (κ1) is 23.2. The number of nitro groups is 1. The zero-order chi connectivity index (χ0) is 24.3. The van der Waals surface area contributed by atoms with Crippen molar-refractivity contribution in [3.63, 3.8) is 0 Å². The molecule has 1 fully saturated rings. The Morgan fingerprint density at radius 3 is 2.26 bits per heavy atom. The molecule has 4 rings (SSSR count). The van der Waals surface area contributed by atoms with Gasteiger partial charge in [0.1, 0.15) is 16.4 Å². The SMILES string of the molecule is COc1ccccc1NS(=O)(=O)c1cc([N+](=O)[O-])ccc1N1CCN(c2ccc(O)cc2)CC1. The van der Waals surface area contributed by atoms with Crippen molar-refractivity contribution >= 4 is 32.8 Å². The van der Waals surface area contributed by atoms with Gasteiger partial charge in [0.25, 0.3) is 15.7 Å². The number of benzene rings is 3. The van der Waals surface area contributed by atoms with E-state index in [4.69, 9.17) is 4.74 Å². The van der Waals surface area contributed by atoms with Gasteiger partial charge in [-0.25, -0.2) is 8.42 Å². The van der Waals surface area contributed by atoms with E-state index in [1.54, 1.807) is 36.4 Å². The van der Waals surface area contributed by atoms with Crippen LogP contribution in [0, 0.1) is 10.1 Å². The van der Waals surface area contributed by atoms with Crippen LogP contribution in [0.15, 0.2) is 71.6 Å². The Labute approximate surface area is 197 Å². The Morgan fingerprint density at radius 2 is 1.62 bits per heavy atom. The third kappa shape index (κ3) is 4.84. The van der Waals surface area contributed by atoms with Gasteiger partial charge in [-0.2, -0.15) is 0 Å². The molecule has 2 N–H and O–H groups in total. The highest BCUT2D eigenvalue weighted by molar-refractivity contribution is 7.93. The molecule has 0 unspecified atom stereocenters. The molecule has 34 heavy (non-hydrogen) atoms. The highest BCUT2D eigenvalue weighted by atomic mass is 32.2. The molecule has 1 aliphatic rings. The molecule has 3 aromatic rings. The molecule has 10 nitrogen and oxygen atoms in total. The van der Waals surface area contributed by atoms with Crippen molar-refractivity contribution in [2.24, 2.45) is 0 Å². The van der Waals surface area contributed by atoms with E-state index in [0.717, 1.165) is 11.8 Å². The largest absolute Gasteiger partial charge is 0.508 e. The van der Waals surface area contributed by atoms with Gasteiger partial charge in [0.2, 0.25) is 0 Å². The van der Waals surface area contributed by atoms with Crippen LogP contribution in [-0.2, 0) is 10.0 Å². The lowest BCUT2D eigenvalue weighted by molar-refractivity contribution is -0.385. The van der Waals surface area contributed by atoms with Crippen LogP contribution in [0.1, 0.15) is 0 Å². The normalized spacial score (nSPS) is 14.0. The lowest BCUT2D eigenvalue weighted by atomic mass is 10.2. The van der Waals surface area contributed by atoms with E-state index in [1.807, 2.05) is 17.0 Å². The quantitative estimate of drug-likeness (QED) is 0.386. The summed E-state index contributed by atoms with van der Waals surface area (Å²) in [6, 6.07) is 17.3. The summed E-state index contributed by atoms with van der Waals surface area (Å²) in [4.78, 5) is 14.6. The van der Waals surface area contributed by atoms with Gasteiger partial charge in [-0.05, 0) is 42.5 Å². The number of phenolic OH excluding ortho intramolecular Hbond substituents is 1. The van der Waals surface area contributed by atoms with Crippen molar-refractivity contribution in [1.82, 2.24) is 0 Å². The number of non-ortho nitro benzene ring substituents is 1. The van der Waals surface area contributed by atoms with Gasteiger partial charge < -0.3 is 19.6 Å². The van der Waals surface area contributed by atoms with Crippen molar-refractivity contribution in [3.05, 3.63) is 76.8 Å². The zero-order valence-corrected chi connectivity index (χ0v) is 19.2. The molecule has 0 atom stereocenters. The Morgan fingerprint density at radius 1 is 0.971 bits per heavy atom. The van der Waals surface area contributed by atoms with Crippen LogP contribution in [0.2, 0.25) is 0 Å². The molecule has 1 saturated heterocycles. The smallest absolute Gasteiger partial charge is 0.270 e. The van der Waals surface area contributed by atoms with Crippen LogP contribution < -0.4 is 19.3 Å². The lowest BCUT2D eigenvalue weighted by Gasteiger charge is -2.38. The van der Waals surface area contributed by atoms with Crippen LogP contribution in [0.25, 0.3) is 0 Å². The summed E-state index contributed by atoms with van der Waals surface area (Å²) in [6.07, 6.45) is 0. The van der Waals surface area contributed by atoms with E-state index >= 15 is 0 Å². The topological polar surface area (TPSA) is 125 Å². The van der Waals surface area contributed by atoms with E-state index in [9.17, 15) is 23.6 Å². The first-order valence-corrected chi connectivity index (χ1v) is 12.0. The minimum Gasteiger partial charge on any atom is -0.508 e. The van der Waals surface area contributed by atoms with E-state index in [0.29, 0.717) is 37.6 Å². The van der Waals surface area contributed by atoms with Crippen molar-refractivity contribution in [3.8, 4) is 11.5 Å². The standard InChI is InChI=1S/C23H24N4O6S/c1-33-22-5-3-2-4-20(22)24-34(31,32)23-16-18(27(29)30)8-11-21(23)26-14-12-25(13-15-26)17-6-9-19(28)10-7-17/h2-11,16,24,28H,12-15H2,1H3. The number of nitrogens with one attached hydrogen (secondary N) is 1. The van der Waals surface area contributed by atoms with E-state index < -0.39 is 14.9 Å². The molecule has 0 aromatic heterocycles. The van der Waals surface area contributed by atoms with Crippen molar-refractivity contribution in [1.29, 1.82) is 0 Å². The van der Waals surface area contributed by atoms with Crippen molar-refractivity contribution in [2.45, 2.75) is 4.90 Å². The lowest BCUT2D eigenvalue weighted by Crippen LogP contribution is -2.47. The minimum atomic E-state index is -4.17. The van der Waals surface area contributed by atoms with E-state index in [1.165, 1.54) is 19.2 Å². The maximum Gasteiger partial charge on any atom is 0.270 e. The number of aromatic hydroxyl groups is 1. The van der Waals surface area contributed by atoms with Crippen molar-refractivity contribution in [2.75, 3.05) is 47.8 Å². The van der Waals surface area contributed by atoms with Gasteiger partial charge in [0, 0.05) is 44.0 Å². The number of piperazine rings is 1. The first-order chi connectivity index (χ1) is 16.3. The molecule has 11 heteroatoms. The number of nitrogens with zero attached hydrogens (tertiary/aromatic N) is 3. The Bertz CT molecular complexity index is 1290. The van der Waals surface area contributed by atoms with Crippen LogP contribution in [0.3, 0.4) is 0 Å². The number of phenols is 1. The molecule has 0 saturated carbocycles. The van der Waals surface area contributed by atoms with Gasteiger partial charge in [-0.15, -0.1) is 0 Å². The zero-order valence-electron chi connectivity index (χ0n) is 18.4. The number of rotatable bonds is 7. The molecule has 0 amide bonds. The Balaban J connectivity index is 1.63. The fraction of sp³-hybridized carbons (Fsp3) is 0.217. The highest BCUT2D eigenvalue weighted by Crippen LogP contribution is 2.34. The first-order valence-electron chi connectivity index (χ1n) is 10.5. The maximum absolute atomic E-state index is 13.4. The number of anilines is 3. The second kappa shape index (κ2) is 9.48. The number of methoxy groups -OCH3 is 1. The minimum absolute atomic E-state index is 0.175. The Hall–Kier alpha value is -3.99. The van der Waals surface area contributed by atoms with Gasteiger partial charge in [-0.3, -0.25) is 14.8 Å². The van der Waals surface area contributed by atoms with Crippen LogP contribution in [0.5, 0.6) is 11.5 Å². The summed E-state index contributed by atoms with van der Waals surface area (Å²) in [6.45, 7) is 2.24. The second-order valence-corrected chi connectivity index (χ2v) is 9.36. The monoisotopic (exact) mass is 484 g/mol. The number of ether oxygens (including phenoxy) is 1. The van der Waals surface area contributed by atoms with Gasteiger partial charge in [-0.1, -0.05) is 12.1 Å². The Kier molecular flexibility index (Phi) is 6.46. The van der Waals surface area contributed by atoms with Crippen LogP contribution in [0.4, 0.5) is 22.7 Å². The van der Waals surface area contributed by atoms with Gasteiger partial charge in [0.05, 0.1) is 23.4 Å². The second-order valence-electron chi connectivity index (χ2n) is 7.71. The summed E-state index contributed by atoms with van der Waals surface area (Å²) in [5.41, 5.74) is 1.26. The fourth-order valence-corrected chi connectivity index (χ4v) is 5.21. The number of hydrogen-bond acceptors (Lipinski definition) is 8. The average Bonchev–Trinajstić information content (AvgIpc) is 2.84. The molecular weight excluding hydrogens is 460 g/mol. The summed E-state index contributed by atoms with van der Waals surface area (Å²) >= 11 is 0. The molecule has 178 valence electrons. The molecule has 0 bridgehead atoms. The number of para-hydroxylation sites is 2. The molecule has 1 aliphatic heterocycles. The number of sulfonamides is 1. The van der Waals surface area contributed by atoms with E-state index in [2.05, 4.69) is 9.62 Å². The summed E-state index contributed by atoms with van der Waals surface area (Å²) < 4.78 is 34.5. The van der Waals surface area contributed by atoms with Crippen LogP contribution in [-0.4, -0.2) is 51.7 Å². The van der Waals surface area contributed by atoms with Gasteiger partial charge >= 0.3 is 0 Å². The molecular formula is C23H24N4O6S. The molecule has 0 spiro atoms. The highest BCUT2D eigenvalue weighted by Gasteiger charge is 2.28. The third-order valence-electron chi connectivity index (χ3n) is 5.63. The molecule has 1 heterocycles. The molecule has 0 aliphatic carbocycles. The van der Waals surface area contributed by atoms with E-state index in [-0.39, 0.29) is 22.0 Å². The van der Waals surface area contributed by atoms with Gasteiger partial charge in [0.15, 0.2) is 0 Å². The number of nitro benzene ring substituents is 1. The summed E-state index contributed by atoms with van der Waals surface area (Å²) in [5.74, 6) is 0.520. The summed E-state index contributed by atoms with van der Waals surface area (Å²) in [5, 5.41) is 20.9.